The Hall–Kier alpha value is -1.89. The molecule has 7 heteroatoms. The third kappa shape index (κ3) is 5.18. The molecule has 0 bridgehead atoms. The number of carbonyl (C=O) groups is 1. The number of nitrogens with zero attached hydrogens (tertiary/aromatic N) is 2. The Morgan fingerprint density at radius 1 is 1.29 bits per heavy atom. The van der Waals surface area contributed by atoms with Gasteiger partial charge in [-0.1, -0.05) is 13.8 Å². The summed E-state index contributed by atoms with van der Waals surface area (Å²) >= 11 is 0. The van der Waals surface area contributed by atoms with E-state index in [1.807, 2.05) is 20.8 Å². The molecule has 21 heavy (non-hydrogen) atoms. The molecular weight excluding hydrogens is 272 g/mol. The van der Waals surface area contributed by atoms with Gasteiger partial charge in [0.2, 0.25) is 0 Å². The minimum absolute atomic E-state index is 0.0703. The molecule has 1 heterocycles. The second kappa shape index (κ2) is 8.41. The fraction of sp³-hybridized carbons (Fsp3) is 0.643. The Bertz CT molecular complexity index is 441. The molecule has 1 atom stereocenters. The van der Waals surface area contributed by atoms with Crippen molar-refractivity contribution in [1.82, 2.24) is 9.97 Å². The van der Waals surface area contributed by atoms with E-state index in [1.165, 1.54) is 7.11 Å². The number of methoxy groups -OCH3 is 2. The van der Waals surface area contributed by atoms with Gasteiger partial charge in [-0.25, -0.2) is 14.8 Å². The van der Waals surface area contributed by atoms with Crippen LogP contribution in [0.5, 0.6) is 0 Å². The highest BCUT2D eigenvalue weighted by atomic mass is 16.5. The zero-order valence-corrected chi connectivity index (χ0v) is 13.3. The molecule has 1 unspecified atom stereocenters. The number of hydrogen-bond donors (Lipinski definition) is 2. The second-order valence-corrected chi connectivity index (χ2v) is 4.91. The number of esters is 1. The topological polar surface area (TPSA) is 85.4 Å². The maximum absolute atomic E-state index is 11.8. The maximum atomic E-state index is 11.8. The summed E-state index contributed by atoms with van der Waals surface area (Å²) in [6.45, 7) is 6.91. The summed E-state index contributed by atoms with van der Waals surface area (Å²) in [4.78, 5) is 20.5. The van der Waals surface area contributed by atoms with Crippen molar-refractivity contribution in [2.24, 2.45) is 5.92 Å². The summed E-state index contributed by atoms with van der Waals surface area (Å²) in [5.74, 6) is 1.56. The molecule has 0 amide bonds. The van der Waals surface area contributed by atoms with Gasteiger partial charge in [0.15, 0.2) is 5.82 Å². The smallest absolute Gasteiger partial charge is 0.328 e. The van der Waals surface area contributed by atoms with E-state index >= 15 is 0 Å². The number of aromatic nitrogens is 2. The molecule has 0 fully saturated rings. The summed E-state index contributed by atoms with van der Waals surface area (Å²) < 4.78 is 9.88. The van der Waals surface area contributed by atoms with Crippen molar-refractivity contribution in [3.63, 3.8) is 0 Å². The van der Waals surface area contributed by atoms with Gasteiger partial charge in [0, 0.05) is 19.7 Å². The van der Waals surface area contributed by atoms with Gasteiger partial charge in [-0.3, -0.25) is 0 Å². The van der Waals surface area contributed by atoms with Gasteiger partial charge in [-0.15, -0.1) is 0 Å². The maximum Gasteiger partial charge on any atom is 0.328 e. The predicted octanol–water partition coefficient (Wildman–Crippen LogP) is 1.66. The Labute approximate surface area is 125 Å². The molecule has 7 nitrogen and oxygen atoms in total. The molecule has 0 saturated carbocycles. The average molecular weight is 296 g/mol. The first-order chi connectivity index (χ1) is 10.0. The SMILES string of the molecule is CCNc1cc(NC(C(=O)OC)C(C)C)nc(COC)n1. The molecule has 2 N–H and O–H groups in total. The van der Waals surface area contributed by atoms with E-state index in [0.29, 0.717) is 24.1 Å². The fourth-order valence-electron chi connectivity index (χ4n) is 1.82. The summed E-state index contributed by atoms with van der Waals surface area (Å²) in [5, 5.41) is 6.24. The second-order valence-electron chi connectivity index (χ2n) is 4.91. The van der Waals surface area contributed by atoms with Crippen molar-refractivity contribution in [1.29, 1.82) is 0 Å². The van der Waals surface area contributed by atoms with Crippen LogP contribution < -0.4 is 10.6 Å². The van der Waals surface area contributed by atoms with Crippen LogP contribution >= 0.6 is 0 Å². The van der Waals surface area contributed by atoms with Crippen molar-refractivity contribution < 1.29 is 14.3 Å². The van der Waals surface area contributed by atoms with Crippen LogP contribution in [-0.4, -0.2) is 42.7 Å². The average Bonchev–Trinajstić information content (AvgIpc) is 2.44. The minimum atomic E-state index is -0.463. The third-order valence-corrected chi connectivity index (χ3v) is 2.83. The van der Waals surface area contributed by atoms with Crippen molar-refractivity contribution in [3.8, 4) is 0 Å². The van der Waals surface area contributed by atoms with Gasteiger partial charge >= 0.3 is 5.97 Å². The highest BCUT2D eigenvalue weighted by Gasteiger charge is 2.23. The van der Waals surface area contributed by atoms with E-state index in [2.05, 4.69) is 20.6 Å². The number of rotatable bonds is 8. The largest absolute Gasteiger partial charge is 0.467 e. The number of anilines is 2. The van der Waals surface area contributed by atoms with Crippen LogP contribution in [0.1, 0.15) is 26.6 Å². The molecule has 0 aromatic carbocycles. The molecule has 0 aliphatic carbocycles. The van der Waals surface area contributed by atoms with Gasteiger partial charge in [-0.05, 0) is 12.8 Å². The lowest BCUT2D eigenvalue weighted by Gasteiger charge is -2.21. The van der Waals surface area contributed by atoms with Crippen LogP contribution in [0.25, 0.3) is 0 Å². The molecule has 0 spiro atoms. The lowest BCUT2D eigenvalue weighted by molar-refractivity contribution is -0.142. The monoisotopic (exact) mass is 296 g/mol. The van der Waals surface area contributed by atoms with Gasteiger partial charge in [0.1, 0.15) is 24.3 Å². The van der Waals surface area contributed by atoms with Crippen LogP contribution in [-0.2, 0) is 20.9 Å². The Balaban J connectivity index is 3.00. The van der Waals surface area contributed by atoms with Gasteiger partial charge in [-0.2, -0.15) is 0 Å². The van der Waals surface area contributed by atoms with E-state index in [9.17, 15) is 4.79 Å². The normalized spacial score (nSPS) is 12.1. The first kappa shape index (κ1) is 17.2. The summed E-state index contributed by atoms with van der Waals surface area (Å²) in [6, 6.07) is 1.30. The Morgan fingerprint density at radius 2 is 1.95 bits per heavy atom. The Kier molecular flexibility index (Phi) is 6.87. The molecule has 0 aliphatic rings. The number of hydrogen-bond acceptors (Lipinski definition) is 7. The van der Waals surface area contributed by atoms with E-state index in [-0.39, 0.29) is 11.9 Å². The molecule has 1 aromatic rings. The molecule has 0 saturated heterocycles. The number of nitrogens with one attached hydrogen (secondary N) is 2. The van der Waals surface area contributed by atoms with E-state index in [1.54, 1.807) is 13.2 Å². The third-order valence-electron chi connectivity index (χ3n) is 2.83. The zero-order chi connectivity index (χ0) is 15.8. The first-order valence-corrected chi connectivity index (χ1v) is 6.96. The van der Waals surface area contributed by atoms with Crippen LogP contribution in [0.4, 0.5) is 11.6 Å². The van der Waals surface area contributed by atoms with Crippen molar-refractivity contribution >= 4 is 17.6 Å². The number of ether oxygens (including phenoxy) is 2. The van der Waals surface area contributed by atoms with Crippen molar-refractivity contribution in [2.45, 2.75) is 33.4 Å². The minimum Gasteiger partial charge on any atom is -0.467 e. The van der Waals surface area contributed by atoms with Crippen LogP contribution in [0.15, 0.2) is 6.07 Å². The predicted molar refractivity (Wildman–Crippen MR) is 81.2 cm³/mol. The van der Waals surface area contributed by atoms with Crippen LogP contribution in [0.3, 0.4) is 0 Å². The van der Waals surface area contributed by atoms with Crippen molar-refractivity contribution in [3.05, 3.63) is 11.9 Å². The van der Waals surface area contributed by atoms with Crippen LogP contribution in [0, 0.1) is 5.92 Å². The van der Waals surface area contributed by atoms with Crippen LogP contribution in [0.2, 0.25) is 0 Å². The molecule has 1 aromatic heterocycles. The quantitative estimate of drug-likeness (QED) is 0.706. The molecule has 0 aliphatic heterocycles. The molecular formula is C14H24N4O3. The molecule has 0 radical (unpaired) electrons. The van der Waals surface area contributed by atoms with E-state index in [0.717, 1.165) is 6.54 Å². The van der Waals surface area contributed by atoms with Gasteiger partial charge in [0.05, 0.1) is 7.11 Å². The Morgan fingerprint density at radius 3 is 2.48 bits per heavy atom. The summed E-state index contributed by atoms with van der Waals surface area (Å²) in [6.07, 6.45) is 0. The van der Waals surface area contributed by atoms with Crippen molar-refractivity contribution in [2.75, 3.05) is 31.4 Å². The number of carbonyl (C=O) groups excluding carboxylic acids is 1. The standard InChI is InChI=1S/C14H24N4O3/c1-6-15-10-7-11(17-12(16-10)8-20-4)18-13(9(2)3)14(19)21-5/h7,9,13H,6,8H2,1-5H3,(H2,15,16,17,18). The highest BCUT2D eigenvalue weighted by molar-refractivity contribution is 5.79. The van der Waals surface area contributed by atoms with Gasteiger partial charge < -0.3 is 20.1 Å². The summed E-state index contributed by atoms with van der Waals surface area (Å²) in [5.41, 5.74) is 0. The lowest BCUT2D eigenvalue weighted by atomic mass is 10.0. The molecule has 118 valence electrons. The first-order valence-electron chi connectivity index (χ1n) is 6.96. The highest BCUT2D eigenvalue weighted by Crippen LogP contribution is 2.16. The van der Waals surface area contributed by atoms with E-state index in [4.69, 9.17) is 9.47 Å². The molecule has 1 rings (SSSR count). The summed E-state index contributed by atoms with van der Waals surface area (Å²) in [7, 11) is 2.96. The zero-order valence-electron chi connectivity index (χ0n) is 13.3. The van der Waals surface area contributed by atoms with Gasteiger partial charge in [0.25, 0.3) is 0 Å². The lowest BCUT2D eigenvalue weighted by Crippen LogP contribution is -2.36. The van der Waals surface area contributed by atoms with E-state index < -0.39 is 6.04 Å². The fourth-order valence-corrected chi connectivity index (χ4v) is 1.82.